The van der Waals surface area contributed by atoms with Gasteiger partial charge in [-0.15, -0.1) is 0 Å². The van der Waals surface area contributed by atoms with Gasteiger partial charge in [0.2, 0.25) is 5.91 Å². The number of benzene rings is 1. The van der Waals surface area contributed by atoms with Crippen LogP contribution in [-0.4, -0.2) is 27.2 Å². The molecule has 0 radical (unpaired) electrons. The van der Waals surface area contributed by atoms with Gasteiger partial charge in [0.1, 0.15) is 5.82 Å². The first kappa shape index (κ1) is 16.6. The number of aryl methyl sites for hydroxylation is 1. The van der Waals surface area contributed by atoms with Gasteiger partial charge in [0.05, 0.1) is 18.5 Å². The standard InChI is InChI=1S/C17H23N3OS/c1-13(2)11-22-12-17(21)19-16-7-8-18-20(16)10-15-6-4-5-14(3)9-15/h4-9,13H,10-12H2,1-3H3,(H,19,21). The van der Waals surface area contributed by atoms with Crippen LogP contribution in [0.3, 0.4) is 0 Å². The van der Waals surface area contributed by atoms with Crippen molar-refractivity contribution in [3.8, 4) is 0 Å². The predicted molar refractivity (Wildman–Crippen MR) is 93.3 cm³/mol. The molecule has 0 saturated carbocycles. The molecule has 0 unspecified atom stereocenters. The van der Waals surface area contributed by atoms with Gasteiger partial charge in [-0.2, -0.15) is 16.9 Å². The van der Waals surface area contributed by atoms with Crippen LogP contribution in [0.4, 0.5) is 5.82 Å². The molecule has 2 aromatic rings. The van der Waals surface area contributed by atoms with Crippen molar-refractivity contribution in [3.05, 3.63) is 47.7 Å². The summed E-state index contributed by atoms with van der Waals surface area (Å²) >= 11 is 1.66. The number of nitrogens with zero attached hydrogens (tertiary/aromatic N) is 2. The van der Waals surface area contributed by atoms with E-state index in [0.717, 1.165) is 11.6 Å². The summed E-state index contributed by atoms with van der Waals surface area (Å²) in [5, 5.41) is 7.24. The van der Waals surface area contributed by atoms with E-state index in [1.54, 1.807) is 18.0 Å². The van der Waals surface area contributed by atoms with E-state index in [4.69, 9.17) is 0 Å². The van der Waals surface area contributed by atoms with Gasteiger partial charge in [0, 0.05) is 6.07 Å². The van der Waals surface area contributed by atoms with Crippen LogP contribution in [0.2, 0.25) is 0 Å². The van der Waals surface area contributed by atoms with Crippen LogP contribution in [0, 0.1) is 12.8 Å². The Hall–Kier alpha value is -1.75. The summed E-state index contributed by atoms with van der Waals surface area (Å²) in [6.07, 6.45) is 1.71. The Kier molecular flexibility index (Phi) is 6.07. The van der Waals surface area contributed by atoms with Crippen molar-refractivity contribution in [2.75, 3.05) is 16.8 Å². The quantitative estimate of drug-likeness (QED) is 0.849. The summed E-state index contributed by atoms with van der Waals surface area (Å²) < 4.78 is 1.82. The third-order valence-electron chi connectivity index (χ3n) is 3.08. The van der Waals surface area contributed by atoms with E-state index < -0.39 is 0 Å². The maximum atomic E-state index is 12.0. The second kappa shape index (κ2) is 8.03. The molecule has 1 amide bonds. The second-order valence-electron chi connectivity index (χ2n) is 5.82. The van der Waals surface area contributed by atoms with Gasteiger partial charge in [0.15, 0.2) is 0 Å². The summed E-state index contributed by atoms with van der Waals surface area (Å²) in [6, 6.07) is 10.1. The van der Waals surface area contributed by atoms with Gasteiger partial charge in [-0.05, 0) is 24.2 Å². The number of carbonyl (C=O) groups is 1. The summed E-state index contributed by atoms with van der Waals surface area (Å²) in [6.45, 7) is 7.04. The highest BCUT2D eigenvalue weighted by atomic mass is 32.2. The monoisotopic (exact) mass is 317 g/mol. The SMILES string of the molecule is Cc1cccc(Cn2nccc2NC(=O)CSCC(C)C)c1. The van der Waals surface area contributed by atoms with E-state index in [9.17, 15) is 4.79 Å². The fourth-order valence-corrected chi connectivity index (χ4v) is 2.96. The Bertz CT molecular complexity index is 622. The molecule has 118 valence electrons. The number of amides is 1. The largest absolute Gasteiger partial charge is 0.310 e. The normalized spacial score (nSPS) is 10.9. The van der Waals surface area contributed by atoms with Crippen molar-refractivity contribution in [2.45, 2.75) is 27.3 Å². The lowest BCUT2D eigenvalue weighted by atomic mass is 10.1. The van der Waals surface area contributed by atoms with E-state index >= 15 is 0 Å². The molecule has 0 aliphatic carbocycles. The lowest BCUT2D eigenvalue weighted by Gasteiger charge is -2.10. The van der Waals surface area contributed by atoms with Gasteiger partial charge in [-0.3, -0.25) is 4.79 Å². The van der Waals surface area contributed by atoms with Crippen LogP contribution < -0.4 is 5.32 Å². The molecule has 0 atom stereocenters. The predicted octanol–water partition coefficient (Wildman–Crippen LogP) is 3.57. The first-order chi connectivity index (χ1) is 10.5. The summed E-state index contributed by atoms with van der Waals surface area (Å²) in [7, 11) is 0. The summed E-state index contributed by atoms with van der Waals surface area (Å²) in [5.74, 6) is 2.85. The average Bonchev–Trinajstić information content (AvgIpc) is 2.85. The number of hydrogen-bond acceptors (Lipinski definition) is 3. The van der Waals surface area contributed by atoms with Crippen molar-refractivity contribution in [1.29, 1.82) is 0 Å². The van der Waals surface area contributed by atoms with Crippen molar-refractivity contribution < 1.29 is 4.79 Å². The maximum absolute atomic E-state index is 12.0. The minimum atomic E-state index is 0.0247. The maximum Gasteiger partial charge on any atom is 0.235 e. The fraction of sp³-hybridized carbons (Fsp3) is 0.412. The molecule has 0 aliphatic heterocycles. The summed E-state index contributed by atoms with van der Waals surface area (Å²) in [4.78, 5) is 12.0. The van der Waals surface area contributed by atoms with Crippen molar-refractivity contribution in [1.82, 2.24) is 9.78 Å². The topological polar surface area (TPSA) is 46.9 Å². The van der Waals surface area contributed by atoms with E-state index in [1.807, 2.05) is 16.8 Å². The van der Waals surface area contributed by atoms with Crippen LogP contribution in [-0.2, 0) is 11.3 Å². The lowest BCUT2D eigenvalue weighted by molar-refractivity contribution is -0.113. The number of hydrogen-bond donors (Lipinski definition) is 1. The first-order valence-corrected chi connectivity index (χ1v) is 8.65. The van der Waals surface area contributed by atoms with E-state index in [0.29, 0.717) is 18.2 Å². The first-order valence-electron chi connectivity index (χ1n) is 7.49. The Morgan fingerprint density at radius 1 is 1.36 bits per heavy atom. The third kappa shape index (κ3) is 5.22. The molecule has 22 heavy (non-hydrogen) atoms. The van der Waals surface area contributed by atoms with Gasteiger partial charge in [-0.1, -0.05) is 43.7 Å². The molecule has 0 aliphatic rings. The number of aromatic nitrogens is 2. The smallest absolute Gasteiger partial charge is 0.235 e. The second-order valence-corrected chi connectivity index (χ2v) is 6.85. The molecule has 1 aromatic heterocycles. The fourth-order valence-electron chi connectivity index (χ4n) is 2.11. The number of nitrogens with one attached hydrogen (secondary N) is 1. The van der Waals surface area contributed by atoms with Crippen molar-refractivity contribution >= 4 is 23.5 Å². The number of anilines is 1. The van der Waals surface area contributed by atoms with E-state index in [-0.39, 0.29) is 5.91 Å². The van der Waals surface area contributed by atoms with Crippen LogP contribution in [0.15, 0.2) is 36.5 Å². The van der Waals surface area contributed by atoms with Gasteiger partial charge in [0.25, 0.3) is 0 Å². The summed E-state index contributed by atoms with van der Waals surface area (Å²) in [5.41, 5.74) is 2.40. The highest BCUT2D eigenvalue weighted by Gasteiger charge is 2.08. The number of carbonyl (C=O) groups excluding carboxylic acids is 1. The third-order valence-corrected chi connectivity index (χ3v) is 4.45. The molecule has 0 spiro atoms. The molecule has 0 saturated heterocycles. The molecule has 2 rings (SSSR count). The lowest BCUT2D eigenvalue weighted by Crippen LogP contribution is -2.18. The molecule has 1 aromatic carbocycles. The van der Waals surface area contributed by atoms with Crippen molar-refractivity contribution in [2.24, 2.45) is 5.92 Å². The highest BCUT2D eigenvalue weighted by molar-refractivity contribution is 7.99. The van der Waals surface area contributed by atoms with Crippen LogP contribution in [0.25, 0.3) is 0 Å². The Labute approximate surface area is 136 Å². The van der Waals surface area contributed by atoms with Crippen LogP contribution >= 0.6 is 11.8 Å². The Morgan fingerprint density at radius 3 is 2.91 bits per heavy atom. The number of rotatable bonds is 7. The zero-order valence-corrected chi connectivity index (χ0v) is 14.2. The Balaban J connectivity index is 1.93. The number of thioether (sulfide) groups is 1. The zero-order chi connectivity index (χ0) is 15.9. The molecule has 4 nitrogen and oxygen atoms in total. The molecule has 1 N–H and O–H groups in total. The Morgan fingerprint density at radius 2 is 2.18 bits per heavy atom. The van der Waals surface area contributed by atoms with Crippen LogP contribution in [0.1, 0.15) is 25.0 Å². The van der Waals surface area contributed by atoms with Crippen LogP contribution in [0.5, 0.6) is 0 Å². The molecule has 5 heteroatoms. The van der Waals surface area contributed by atoms with Gasteiger partial charge in [-0.25, -0.2) is 4.68 Å². The molecular weight excluding hydrogens is 294 g/mol. The highest BCUT2D eigenvalue weighted by Crippen LogP contribution is 2.13. The minimum Gasteiger partial charge on any atom is -0.310 e. The molecule has 0 fully saturated rings. The molecule has 0 bridgehead atoms. The van der Waals surface area contributed by atoms with Gasteiger partial charge >= 0.3 is 0 Å². The average molecular weight is 317 g/mol. The van der Waals surface area contributed by atoms with Gasteiger partial charge < -0.3 is 5.32 Å². The van der Waals surface area contributed by atoms with E-state index in [2.05, 4.69) is 49.4 Å². The van der Waals surface area contributed by atoms with E-state index in [1.165, 1.54) is 11.1 Å². The molecular formula is C17H23N3OS. The van der Waals surface area contributed by atoms with Crippen molar-refractivity contribution in [3.63, 3.8) is 0 Å². The molecule has 1 heterocycles. The zero-order valence-electron chi connectivity index (χ0n) is 13.4. The minimum absolute atomic E-state index is 0.0247.